The Hall–Kier alpha value is -3.91. The second-order valence-corrected chi connectivity index (χ2v) is 8.12. The number of benzene rings is 4. The molecule has 1 aliphatic heterocycles. The molecule has 0 N–H and O–H groups in total. The molecule has 4 aromatic rings. The lowest BCUT2D eigenvalue weighted by Gasteiger charge is -2.37. The van der Waals surface area contributed by atoms with Gasteiger partial charge in [0.15, 0.2) is 0 Å². The third-order valence-corrected chi connectivity index (χ3v) is 6.18. The number of hydrogen-bond acceptors (Lipinski definition) is 2. The van der Waals surface area contributed by atoms with Gasteiger partial charge in [-0.1, -0.05) is 127 Å². The molecule has 4 aromatic carbocycles. The number of nitrogens with zero attached hydrogens (tertiary/aromatic N) is 2. The van der Waals surface area contributed by atoms with E-state index in [1.807, 2.05) is 12.1 Å². The highest BCUT2D eigenvalue weighted by atomic mass is 15.3. The topological polar surface area (TPSA) is 15.6 Å². The normalized spacial score (nSPS) is 20.1. The SMILES string of the molecule is C=CC1(c2ccccc2)N=C(c2ccccc2)N(Cc2ccccc2)C1c1ccccc1. The zero-order valence-corrected chi connectivity index (χ0v) is 18.0. The fraction of sp³-hybridized carbons (Fsp3) is 0.100. The molecular formula is C30H26N2. The Balaban J connectivity index is 1.74. The van der Waals surface area contributed by atoms with E-state index in [4.69, 9.17) is 4.99 Å². The van der Waals surface area contributed by atoms with Crippen molar-refractivity contribution in [2.24, 2.45) is 4.99 Å². The predicted molar refractivity (Wildman–Crippen MR) is 132 cm³/mol. The van der Waals surface area contributed by atoms with E-state index in [-0.39, 0.29) is 6.04 Å². The molecule has 156 valence electrons. The first-order valence-corrected chi connectivity index (χ1v) is 11.0. The molecule has 32 heavy (non-hydrogen) atoms. The Bertz CT molecular complexity index is 1200. The molecule has 0 radical (unpaired) electrons. The molecule has 2 atom stereocenters. The lowest BCUT2D eigenvalue weighted by Crippen LogP contribution is -2.37. The molecule has 1 aliphatic rings. The summed E-state index contributed by atoms with van der Waals surface area (Å²) in [5.41, 5.74) is 4.14. The summed E-state index contributed by atoms with van der Waals surface area (Å²) in [6.45, 7) is 5.06. The average Bonchev–Trinajstić information content (AvgIpc) is 3.21. The Morgan fingerprint density at radius 2 is 1.25 bits per heavy atom. The molecule has 0 fully saturated rings. The third-order valence-electron chi connectivity index (χ3n) is 6.18. The smallest absolute Gasteiger partial charge is 0.133 e. The van der Waals surface area contributed by atoms with Crippen molar-refractivity contribution in [3.8, 4) is 0 Å². The Morgan fingerprint density at radius 3 is 1.84 bits per heavy atom. The van der Waals surface area contributed by atoms with Crippen LogP contribution in [-0.4, -0.2) is 10.7 Å². The predicted octanol–water partition coefficient (Wildman–Crippen LogP) is 6.77. The number of rotatable bonds is 6. The monoisotopic (exact) mass is 414 g/mol. The van der Waals surface area contributed by atoms with Crippen molar-refractivity contribution in [2.75, 3.05) is 0 Å². The van der Waals surface area contributed by atoms with Crippen molar-refractivity contribution in [2.45, 2.75) is 18.1 Å². The minimum Gasteiger partial charge on any atom is -0.342 e. The average molecular weight is 415 g/mol. The summed E-state index contributed by atoms with van der Waals surface area (Å²) in [5.74, 6) is 0.993. The van der Waals surface area contributed by atoms with E-state index in [2.05, 4.69) is 127 Å². The number of aliphatic imine (C=N–C) groups is 1. The molecule has 1 heterocycles. The molecule has 0 aliphatic carbocycles. The highest BCUT2D eigenvalue weighted by Crippen LogP contribution is 2.49. The maximum atomic E-state index is 5.44. The van der Waals surface area contributed by atoms with E-state index >= 15 is 0 Å². The van der Waals surface area contributed by atoms with Crippen LogP contribution in [0, 0.1) is 0 Å². The van der Waals surface area contributed by atoms with Crippen LogP contribution in [-0.2, 0) is 12.1 Å². The van der Waals surface area contributed by atoms with Crippen molar-refractivity contribution in [1.82, 2.24) is 4.90 Å². The van der Waals surface area contributed by atoms with Gasteiger partial charge in [-0.05, 0) is 16.7 Å². The molecule has 0 spiro atoms. The van der Waals surface area contributed by atoms with Crippen LogP contribution in [0.3, 0.4) is 0 Å². The van der Waals surface area contributed by atoms with E-state index < -0.39 is 5.54 Å². The van der Waals surface area contributed by atoms with Crippen LogP contribution in [0.15, 0.2) is 139 Å². The van der Waals surface area contributed by atoms with Gasteiger partial charge in [-0.3, -0.25) is 0 Å². The molecule has 2 heteroatoms. The Labute approximate surface area is 190 Å². The van der Waals surface area contributed by atoms with Gasteiger partial charge in [0.05, 0.1) is 6.04 Å². The minimum absolute atomic E-state index is 0.0148. The second kappa shape index (κ2) is 8.68. The summed E-state index contributed by atoms with van der Waals surface area (Å²) in [6.07, 6.45) is 2.02. The fourth-order valence-electron chi connectivity index (χ4n) is 4.70. The first-order valence-electron chi connectivity index (χ1n) is 11.0. The van der Waals surface area contributed by atoms with E-state index in [9.17, 15) is 0 Å². The molecule has 2 unspecified atom stereocenters. The molecule has 0 saturated heterocycles. The van der Waals surface area contributed by atoms with Crippen LogP contribution in [0.1, 0.15) is 28.3 Å². The van der Waals surface area contributed by atoms with Gasteiger partial charge in [0.1, 0.15) is 11.4 Å². The third kappa shape index (κ3) is 3.54. The first kappa shape index (κ1) is 20.0. The highest BCUT2D eigenvalue weighted by Gasteiger charge is 2.48. The largest absolute Gasteiger partial charge is 0.342 e. The first-order chi connectivity index (χ1) is 15.8. The van der Waals surface area contributed by atoms with Crippen molar-refractivity contribution in [3.05, 3.63) is 156 Å². The Kier molecular flexibility index (Phi) is 5.43. The zero-order valence-electron chi connectivity index (χ0n) is 18.0. The van der Waals surface area contributed by atoms with Gasteiger partial charge in [0.25, 0.3) is 0 Å². The van der Waals surface area contributed by atoms with E-state index in [0.717, 1.165) is 23.5 Å². The number of hydrogen-bond donors (Lipinski definition) is 0. The molecule has 0 amide bonds. The minimum atomic E-state index is -0.595. The van der Waals surface area contributed by atoms with Gasteiger partial charge in [-0.15, -0.1) is 6.58 Å². The van der Waals surface area contributed by atoms with Gasteiger partial charge in [0, 0.05) is 12.1 Å². The van der Waals surface area contributed by atoms with Gasteiger partial charge in [-0.2, -0.15) is 0 Å². The molecule has 0 bridgehead atoms. The van der Waals surface area contributed by atoms with Gasteiger partial charge >= 0.3 is 0 Å². The summed E-state index contributed by atoms with van der Waals surface area (Å²) in [5, 5.41) is 0. The van der Waals surface area contributed by atoms with Gasteiger partial charge in [0.2, 0.25) is 0 Å². The lowest BCUT2D eigenvalue weighted by atomic mass is 9.80. The summed E-state index contributed by atoms with van der Waals surface area (Å²) < 4.78 is 0. The van der Waals surface area contributed by atoms with Crippen molar-refractivity contribution < 1.29 is 0 Å². The molecule has 5 rings (SSSR count). The fourth-order valence-corrected chi connectivity index (χ4v) is 4.70. The molecule has 0 saturated carbocycles. The zero-order chi connectivity index (χ0) is 21.8. The second-order valence-electron chi connectivity index (χ2n) is 8.12. The summed E-state index contributed by atoms with van der Waals surface area (Å²) in [4.78, 5) is 7.88. The summed E-state index contributed by atoms with van der Waals surface area (Å²) >= 11 is 0. The van der Waals surface area contributed by atoms with Crippen LogP contribution < -0.4 is 0 Å². The number of amidine groups is 1. The molecule has 0 aromatic heterocycles. The molecule has 2 nitrogen and oxygen atoms in total. The maximum absolute atomic E-state index is 5.44. The quantitative estimate of drug-likeness (QED) is 0.318. The molecular weight excluding hydrogens is 388 g/mol. The van der Waals surface area contributed by atoms with Crippen LogP contribution in [0.4, 0.5) is 0 Å². The van der Waals surface area contributed by atoms with Crippen molar-refractivity contribution >= 4 is 5.84 Å². The van der Waals surface area contributed by atoms with Crippen LogP contribution in [0.2, 0.25) is 0 Å². The van der Waals surface area contributed by atoms with E-state index in [1.165, 1.54) is 11.1 Å². The highest BCUT2D eigenvalue weighted by molar-refractivity contribution is 6.01. The van der Waals surface area contributed by atoms with Crippen LogP contribution >= 0.6 is 0 Å². The van der Waals surface area contributed by atoms with Crippen molar-refractivity contribution in [1.29, 1.82) is 0 Å². The van der Waals surface area contributed by atoms with Crippen molar-refractivity contribution in [3.63, 3.8) is 0 Å². The van der Waals surface area contributed by atoms with Crippen LogP contribution in [0.25, 0.3) is 0 Å². The van der Waals surface area contributed by atoms with E-state index in [0.29, 0.717) is 0 Å². The van der Waals surface area contributed by atoms with Gasteiger partial charge in [-0.25, -0.2) is 4.99 Å². The Morgan fingerprint density at radius 1 is 0.719 bits per heavy atom. The lowest BCUT2D eigenvalue weighted by molar-refractivity contribution is 0.262. The van der Waals surface area contributed by atoms with E-state index in [1.54, 1.807) is 0 Å². The standard InChI is InChI=1S/C30H26N2/c1-2-30(27-21-13-6-14-22-27)28(25-17-9-4-10-18-25)32(23-24-15-7-3-8-16-24)29(31-30)26-19-11-5-12-20-26/h2-22,28H,1,23H2. The van der Waals surface area contributed by atoms with Gasteiger partial charge < -0.3 is 4.90 Å². The summed E-state index contributed by atoms with van der Waals surface area (Å²) in [7, 11) is 0. The summed E-state index contributed by atoms with van der Waals surface area (Å²) in [6, 6.07) is 42.3. The van der Waals surface area contributed by atoms with Crippen LogP contribution in [0.5, 0.6) is 0 Å². The maximum Gasteiger partial charge on any atom is 0.133 e.